The molecule has 0 radical (unpaired) electrons. The number of carbonyl (C=O) groups excluding carboxylic acids is 1. The Labute approximate surface area is 115 Å². The van der Waals surface area contributed by atoms with Gasteiger partial charge in [-0.25, -0.2) is 0 Å². The van der Waals surface area contributed by atoms with Gasteiger partial charge in [-0.05, 0) is 41.8 Å². The Balaban J connectivity index is 2.31. The molecule has 0 saturated heterocycles. The van der Waals surface area contributed by atoms with Crippen molar-refractivity contribution in [1.82, 2.24) is 4.90 Å². The highest BCUT2D eigenvalue weighted by molar-refractivity contribution is 9.10. The number of nitrogens with two attached hydrogens (primary N) is 1. The second-order valence-electron chi connectivity index (χ2n) is 4.35. The Morgan fingerprint density at radius 3 is 2.88 bits per heavy atom. The average Bonchev–Trinajstić information content (AvgIpc) is 2.63. The Hall–Kier alpha value is -0.390. The lowest BCUT2D eigenvalue weighted by Gasteiger charge is -2.16. The number of halogens is 1. The summed E-state index contributed by atoms with van der Waals surface area (Å²) in [4.78, 5) is 14.8. The quantitative estimate of drug-likeness (QED) is 0.876. The summed E-state index contributed by atoms with van der Waals surface area (Å²) in [5.41, 5.74) is 5.65. The van der Waals surface area contributed by atoms with Crippen molar-refractivity contribution in [3.8, 4) is 0 Å². The molecule has 1 unspecified atom stereocenters. The maximum absolute atomic E-state index is 11.8. The van der Waals surface area contributed by atoms with Crippen LogP contribution in [0.3, 0.4) is 0 Å². The molecule has 5 heteroatoms. The van der Waals surface area contributed by atoms with Gasteiger partial charge in [0, 0.05) is 34.2 Å². The summed E-state index contributed by atoms with van der Waals surface area (Å²) < 4.78 is 1.08. The summed E-state index contributed by atoms with van der Waals surface area (Å²) in [5.74, 6) is 0.190. The van der Waals surface area contributed by atoms with E-state index < -0.39 is 0 Å². The smallest absolute Gasteiger partial charge is 0.222 e. The summed E-state index contributed by atoms with van der Waals surface area (Å²) in [7, 11) is 1.85. The maximum Gasteiger partial charge on any atom is 0.222 e. The van der Waals surface area contributed by atoms with Crippen molar-refractivity contribution in [3.63, 3.8) is 0 Å². The molecule has 1 aromatic heterocycles. The number of thiophene rings is 1. The van der Waals surface area contributed by atoms with Gasteiger partial charge in [0.15, 0.2) is 0 Å². The third-order valence-corrected chi connectivity index (χ3v) is 4.17. The van der Waals surface area contributed by atoms with Crippen LogP contribution in [0.4, 0.5) is 0 Å². The fourth-order valence-corrected chi connectivity index (χ4v) is 3.03. The minimum atomic E-state index is 0.182. The van der Waals surface area contributed by atoms with Crippen LogP contribution in [0.2, 0.25) is 0 Å². The molecule has 0 saturated carbocycles. The van der Waals surface area contributed by atoms with Crippen molar-refractivity contribution in [3.05, 3.63) is 20.8 Å². The second-order valence-corrected chi connectivity index (χ2v) is 6.26. The van der Waals surface area contributed by atoms with E-state index in [0.717, 1.165) is 17.3 Å². The van der Waals surface area contributed by atoms with Crippen molar-refractivity contribution < 1.29 is 4.79 Å². The van der Waals surface area contributed by atoms with Crippen LogP contribution >= 0.6 is 27.3 Å². The Morgan fingerprint density at radius 1 is 1.65 bits per heavy atom. The van der Waals surface area contributed by atoms with Gasteiger partial charge in [-0.2, -0.15) is 0 Å². The van der Waals surface area contributed by atoms with Crippen LogP contribution in [-0.4, -0.2) is 23.9 Å². The van der Waals surface area contributed by atoms with Gasteiger partial charge in [-0.15, -0.1) is 11.3 Å². The van der Waals surface area contributed by atoms with E-state index in [1.165, 1.54) is 4.88 Å². The van der Waals surface area contributed by atoms with E-state index in [9.17, 15) is 4.79 Å². The Kier molecular flexibility index (Phi) is 6.16. The van der Waals surface area contributed by atoms with E-state index in [4.69, 9.17) is 5.73 Å². The molecule has 1 aromatic rings. The fraction of sp³-hybridized carbons (Fsp3) is 0.583. The molecule has 17 heavy (non-hydrogen) atoms. The minimum Gasteiger partial charge on any atom is -0.341 e. The van der Waals surface area contributed by atoms with Gasteiger partial charge < -0.3 is 10.6 Å². The van der Waals surface area contributed by atoms with Crippen LogP contribution in [0.15, 0.2) is 15.9 Å². The molecule has 0 aliphatic heterocycles. The van der Waals surface area contributed by atoms with Crippen LogP contribution in [0.25, 0.3) is 0 Å². The van der Waals surface area contributed by atoms with Crippen LogP contribution < -0.4 is 5.73 Å². The zero-order valence-electron chi connectivity index (χ0n) is 10.3. The molecule has 1 atom stereocenters. The largest absolute Gasteiger partial charge is 0.341 e. The first-order chi connectivity index (χ1) is 7.99. The van der Waals surface area contributed by atoms with Gasteiger partial charge in [0.25, 0.3) is 0 Å². The van der Waals surface area contributed by atoms with Crippen LogP contribution in [0, 0.1) is 0 Å². The standard InChI is InChI=1S/C12H19BrN2OS/c1-9(14)4-3-5-12(16)15(2)7-11-6-10(13)8-17-11/h6,8-9H,3-5,7,14H2,1-2H3. The van der Waals surface area contributed by atoms with Crippen molar-refractivity contribution in [2.24, 2.45) is 5.73 Å². The van der Waals surface area contributed by atoms with Gasteiger partial charge in [0.1, 0.15) is 0 Å². The van der Waals surface area contributed by atoms with Crippen molar-refractivity contribution in [2.45, 2.75) is 38.8 Å². The minimum absolute atomic E-state index is 0.182. The second kappa shape index (κ2) is 7.13. The third-order valence-electron chi connectivity index (χ3n) is 2.49. The Morgan fingerprint density at radius 2 is 2.35 bits per heavy atom. The Bertz CT molecular complexity index is 365. The van der Waals surface area contributed by atoms with Gasteiger partial charge >= 0.3 is 0 Å². The maximum atomic E-state index is 11.8. The third kappa shape index (κ3) is 5.66. The highest BCUT2D eigenvalue weighted by Gasteiger charge is 2.10. The predicted molar refractivity (Wildman–Crippen MR) is 76.0 cm³/mol. The molecule has 0 aliphatic rings. The highest BCUT2D eigenvalue weighted by atomic mass is 79.9. The SMILES string of the molecule is CC(N)CCCC(=O)N(C)Cc1cc(Br)cs1. The van der Waals surface area contributed by atoms with Gasteiger partial charge in [-0.3, -0.25) is 4.79 Å². The summed E-state index contributed by atoms with van der Waals surface area (Å²) in [6, 6.07) is 2.23. The number of hydrogen-bond donors (Lipinski definition) is 1. The van der Waals surface area contributed by atoms with E-state index in [0.29, 0.717) is 13.0 Å². The number of amides is 1. The molecule has 0 aliphatic carbocycles. The zero-order valence-corrected chi connectivity index (χ0v) is 12.7. The highest BCUT2D eigenvalue weighted by Crippen LogP contribution is 2.21. The van der Waals surface area contributed by atoms with Crippen LogP contribution in [-0.2, 0) is 11.3 Å². The first-order valence-electron chi connectivity index (χ1n) is 5.71. The molecule has 3 nitrogen and oxygen atoms in total. The predicted octanol–water partition coefficient (Wildman–Crippen LogP) is 2.99. The molecule has 2 N–H and O–H groups in total. The van der Waals surface area contributed by atoms with Crippen molar-refractivity contribution >= 4 is 33.2 Å². The van der Waals surface area contributed by atoms with Gasteiger partial charge in [0.05, 0.1) is 6.54 Å². The molecular formula is C12H19BrN2OS. The number of carbonyl (C=O) groups is 1. The van der Waals surface area contributed by atoms with E-state index in [1.807, 2.05) is 19.4 Å². The fourth-order valence-electron chi connectivity index (χ4n) is 1.52. The number of hydrogen-bond acceptors (Lipinski definition) is 3. The molecule has 1 amide bonds. The van der Waals surface area contributed by atoms with Gasteiger partial charge in [-0.1, -0.05) is 0 Å². The van der Waals surface area contributed by atoms with E-state index >= 15 is 0 Å². The molecule has 1 rings (SSSR count). The lowest BCUT2D eigenvalue weighted by atomic mass is 10.1. The van der Waals surface area contributed by atoms with E-state index in [-0.39, 0.29) is 11.9 Å². The monoisotopic (exact) mass is 318 g/mol. The summed E-state index contributed by atoms with van der Waals surface area (Å²) in [5, 5.41) is 2.03. The van der Waals surface area contributed by atoms with Crippen molar-refractivity contribution in [1.29, 1.82) is 0 Å². The first-order valence-corrected chi connectivity index (χ1v) is 7.38. The first kappa shape index (κ1) is 14.7. The molecule has 1 heterocycles. The zero-order chi connectivity index (χ0) is 12.8. The van der Waals surface area contributed by atoms with Crippen LogP contribution in [0.5, 0.6) is 0 Å². The topological polar surface area (TPSA) is 46.3 Å². The molecule has 96 valence electrons. The lowest BCUT2D eigenvalue weighted by molar-refractivity contribution is -0.130. The summed E-state index contributed by atoms with van der Waals surface area (Å²) in [6.07, 6.45) is 2.36. The van der Waals surface area contributed by atoms with E-state index in [2.05, 4.69) is 22.0 Å². The summed E-state index contributed by atoms with van der Waals surface area (Å²) >= 11 is 5.07. The number of nitrogens with zero attached hydrogens (tertiary/aromatic N) is 1. The van der Waals surface area contributed by atoms with Crippen LogP contribution in [0.1, 0.15) is 31.1 Å². The number of rotatable bonds is 6. The average molecular weight is 319 g/mol. The molecule has 0 aromatic carbocycles. The lowest BCUT2D eigenvalue weighted by Crippen LogP contribution is -2.26. The molecular weight excluding hydrogens is 300 g/mol. The molecule has 0 fully saturated rings. The summed E-state index contributed by atoms with van der Waals surface area (Å²) in [6.45, 7) is 2.66. The van der Waals surface area contributed by atoms with Crippen molar-refractivity contribution in [2.75, 3.05) is 7.05 Å². The molecule has 0 bridgehead atoms. The van der Waals surface area contributed by atoms with E-state index in [1.54, 1.807) is 16.2 Å². The molecule has 0 spiro atoms. The van der Waals surface area contributed by atoms with Gasteiger partial charge in [0.2, 0.25) is 5.91 Å². The normalized spacial score (nSPS) is 12.5.